The molecule has 2 aromatic carbocycles. The van der Waals surface area contributed by atoms with Crippen molar-refractivity contribution in [2.75, 3.05) is 13.2 Å². The van der Waals surface area contributed by atoms with E-state index in [4.69, 9.17) is 50.0 Å². The van der Waals surface area contributed by atoms with Gasteiger partial charge < -0.3 is 20.3 Å². The van der Waals surface area contributed by atoms with Crippen LogP contribution in [0.2, 0.25) is 15.1 Å². The van der Waals surface area contributed by atoms with Crippen molar-refractivity contribution >= 4 is 53.2 Å². The van der Waals surface area contributed by atoms with Crippen molar-refractivity contribution in [3.63, 3.8) is 0 Å². The number of phenols is 1. The highest BCUT2D eigenvalue weighted by Crippen LogP contribution is 2.37. The Morgan fingerprint density at radius 2 is 1.85 bits per heavy atom. The fraction of sp³-hybridized carbons (Fsp3) is 0.278. The topological polar surface area (TPSA) is 81.8 Å². The van der Waals surface area contributed by atoms with Crippen LogP contribution in [-0.2, 0) is 22.5 Å². The molecule has 27 heavy (non-hydrogen) atoms. The molecule has 0 unspecified atom stereocenters. The molecule has 0 saturated heterocycles. The largest absolute Gasteiger partial charge is 0.506 e. The third-order valence-electron chi connectivity index (χ3n) is 3.59. The van der Waals surface area contributed by atoms with Crippen LogP contribution >= 0.6 is 47.2 Å². The molecule has 0 aromatic heterocycles. The van der Waals surface area contributed by atoms with Gasteiger partial charge in [-0.3, -0.25) is 0 Å². The van der Waals surface area contributed by atoms with E-state index in [1.165, 1.54) is 0 Å². The van der Waals surface area contributed by atoms with Crippen molar-refractivity contribution in [3.8, 4) is 11.5 Å². The van der Waals surface area contributed by atoms with Crippen LogP contribution in [-0.4, -0.2) is 24.3 Å². The summed E-state index contributed by atoms with van der Waals surface area (Å²) in [5.41, 5.74) is 7.73. The SMILES string of the molecule is CCOC(=O)COc1ccc(Cc2cc(Cl)c(O)c(CN)c2)c(Cl)c1Cl.Cl. The first-order chi connectivity index (χ1) is 12.4. The minimum absolute atomic E-state index is 0. The summed E-state index contributed by atoms with van der Waals surface area (Å²) in [5, 5.41) is 10.6. The highest BCUT2D eigenvalue weighted by molar-refractivity contribution is 6.43. The third-order valence-corrected chi connectivity index (χ3v) is 4.79. The van der Waals surface area contributed by atoms with Crippen molar-refractivity contribution < 1.29 is 19.4 Å². The molecule has 0 aliphatic rings. The molecule has 0 atom stereocenters. The number of rotatable bonds is 7. The molecular weight excluding hydrogens is 436 g/mol. The van der Waals surface area contributed by atoms with E-state index in [0.717, 1.165) is 11.1 Å². The number of phenolic OH excluding ortho intramolecular Hbond substituents is 1. The Morgan fingerprint density at radius 3 is 2.48 bits per heavy atom. The average Bonchev–Trinajstić information content (AvgIpc) is 2.61. The van der Waals surface area contributed by atoms with E-state index in [2.05, 4.69) is 0 Å². The van der Waals surface area contributed by atoms with Crippen LogP contribution in [0.5, 0.6) is 11.5 Å². The molecule has 0 fully saturated rings. The Morgan fingerprint density at radius 1 is 1.15 bits per heavy atom. The predicted octanol–water partition coefficient (Wildman–Crippen LogP) is 4.77. The van der Waals surface area contributed by atoms with Gasteiger partial charge in [0.2, 0.25) is 0 Å². The van der Waals surface area contributed by atoms with Crippen molar-refractivity contribution in [1.82, 2.24) is 0 Å². The molecule has 0 bridgehead atoms. The Kier molecular flexibility index (Phi) is 9.50. The quantitative estimate of drug-likeness (QED) is 0.589. The van der Waals surface area contributed by atoms with Crippen molar-refractivity contribution in [2.24, 2.45) is 5.73 Å². The molecule has 0 radical (unpaired) electrons. The zero-order valence-electron chi connectivity index (χ0n) is 14.4. The molecule has 0 spiro atoms. The number of aromatic hydroxyl groups is 1. The van der Waals surface area contributed by atoms with Crippen molar-refractivity contribution in [2.45, 2.75) is 19.9 Å². The van der Waals surface area contributed by atoms with Gasteiger partial charge in [0.1, 0.15) is 16.5 Å². The Hall–Kier alpha value is -1.37. The van der Waals surface area contributed by atoms with E-state index in [0.29, 0.717) is 22.8 Å². The number of carbonyl (C=O) groups is 1. The Labute approximate surface area is 178 Å². The number of benzene rings is 2. The summed E-state index contributed by atoms with van der Waals surface area (Å²) in [6.45, 7) is 1.89. The van der Waals surface area contributed by atoms with Crippen LogP contribution in [0.1, 0.15) is 23.6 Å². The first-order valence-corrected chi connectivity index (χ1v) is 8.96. The zero-order chi connectivity index (χ0) is 19.3. The molecule has 2 rings (SSSR count). The van der Waals surface area contributed by atoms with Gasteiger partial charge in [-0.2, -0.15) is 0 Å². The molecule has 5 nitrogen and oxygen atoms in total. The fourth-order valence-corrected chi connectivity index (χ4v) is 3.08. The summed E-state index contributed by atoms with van der Waals surface area (Å²) in [4.78, 5) is 11.4. The number of hydrogen-bond donors (Lipinski definition) is 2. The van der Waals surface area contributed by atoms with E-state index < -0.39 is 5.97 Å². The van der Waals surface area contributed by atoms with Crippen molar-refractivity contribution in [1.29, 1.82) is 0 Å². The van der Waals surface area contributed by atoms with Crippen LogP contribution in [0, 0.1) is 0 Å². The maximum absolute atomic E-state index is 11.4. The number of nitrogens with two attached hydrogens (primary N) is 1. The van der Waals surface area contributed by atoms with Gasteiger partial charge in [-0.1, -0.05) is 46.9 Å². The Bertz CT molecular complexity index is 814. The van der Waals surface area contributed by atoms with Crippen LogP contribution in [0.4, 0.5) is 0 Å². The van der Waals surface area contributed by atoms with E-state index in [1.54, 1.807) is 31.2 Å². The zero-order valence-corrected chi connectivity index (χ0v) is 17.5. The highest BCUT2D eigenvalue weighted by Gasteiger charge is 2.15. The predicted molar refractivity (Wildman–Crippen MR) is 110 cm³/mol. The molecule has 0 heterocycles. The van der Waals surface area contributed by atoms with E-state index in [1.807, 2.05) is 0 Å². The summed E-state index contributed by atoms with van der Waals surface area (Å²) >= 11 is 18.6. The van der Waals surface area contributed by atoms with Gasteiger partial charge in [-0.25, -0.2) is 4.79 Å². The van der Waals surface area contributed by atoms with Crippen LogP contribution in [0.3, 0.4) is 0 Å². The van der Waals surface area contributed by atoms with Crippen LogP contribution < -0.4 is 10.5 Å². The average molecular weight is 455 g/mol. The number of carbonyl (C=O) groups excluding carboxylic acids is 1. The second-order valence-corrected chi connectivity index (χ2v) is 6.57. The van der Waals surface area contributed by atoms with E-state index in [-0.39, 0.29) is 48.0 Å². The molecule has 148 valence electrons. The van der Waals surface area contributed by atoms with Gasteiger partial charge in [-0.05, 0) is 36.6 Å². The lowest BCUT2D eigenvalue weighted by molar-refractivity contribution is -0.145. The van der Waals surface area contributed by atoms with Gasteiger partial charge in [0.25, 0.3) is 0 Å². The lowest BCUT2D eigenvalue weighted by Gasteiger charge is -2.13. The third kappa shape index (κ3) is 6.06. The molecular formula is C18H19Cl4NO4. The minimum Gasteiger partial charge on any atom is -0.506 e. The summed E-state index contributed by atoms with van der Waals surface area (Å²) in [6, 6.07) is 6.79. The lowest BCUT2D eigenvalue weighted by atomic mass is 10.0. The summed E-state index contributed by atoms with van der Waals surface area (Å²) < 4.78 is 10.1. The number of ether oxygens (including phenoxy) is 2. The van der Waals surface area contributed by atoms with Gasteiger partial charge in [0.05, 0.1) is 16.7 Å². The molecule has 3 N–H and O–H groups in total. The van der Waals surface area contributed by atoms with Gasteiger partial charge in [0, 0.05) is 12.1 Å². The Balaban J connectivity index is 0.00000364. The second-order valence-electron chi connectivity index (χ2n) is 5.41. The number of esters is 1. The number of hydrogen-bond acceptors (Lipinski definition) is 5. The minimum atomic E-state index is -0.489. The van der Waals surface area contributed by atoms with E-state index in [9.17, 15) is 9.90 Å². The molecule has 0 saturated carbocycles. The molecule has 0 amide bonds. The van der Waals surface area contributed by atoms with Crippen LogP contribution in [0.15, 0.2) is 24.3 Å². The fourth-order valence-electron chi connectivity index (χ4n) is 2.35. The first-order valence-electron chi connectivity index (χ1n) is 7.83. The van der Waals surface area contributed by atoms with Crippen LogP contribution in [0.25, 0.3) is 0 Å². The molecule has 9 heteroatoms. The number of halogens is 4. The van der Waals surface area contributed by atoms with Gasteiger partial charge in [0.15, 0.2) is 6.61 Å². The van der Waals surface area contributed by atoms with E-state index >= 15 is 0 Å². The van der Waals surface area contributed by atoms with Gasteiger partial charge >= 0.3 is 5.97 Å². The monoisotopic (exact) mass is 453 g/mol. The van der Waals surface area contributed by atoms with Crippen molar-refractivity contribution in [3.05, 3.63) is 56.0 Å². The first kappa shape index (κ1) is 23.7. The highest BCUT2D eigenvalue weighted by atomic mass is 35.5. The molecule has 0 aliphatic carbocycles. The van der Waals surface area contributed by atoms with Gasteiger partial charge in [-0.15, -0.1) is 12.4 Å². The normalized spacial score (nSPS) is 10.3. The smallest absolute Gasteiger partial charge is 0.344 e. The molecule has 0 aliphatic heterocycles. The summed E-state index contributed by atoms with van der Waals surface area (Å²) in [5.74, 6) is -0.221. The maximum atomic E-state index is 11.4. The molecule has 2 aromatic rings. The lowest BCUT2D eigenvalue weighted by Crippen LogP contribution is -2.14. The summed E-state index contributed by atoms with van der Waals surface area (Å²) in [6.07, 6.45) is 0.434. The standard InChI is InChI=1S/C18H18Cl3NO4.ClH/c1-2-25-15(23)9-26-14-4-3-11(16(20)17(14)21)5-10-6-12(8-22)18(24)13(19)7-10;/h3-4,6-7,24H,2,5,8-9,22H2,1H3;1H. The maximum Gasteiger partial charge on any atom is 0.344 e. The summed E-state index contributed by atoms with van der Waals surface area (Å²) in [7, 11) is 0. The second kappa shape index (κ2) is 10.8.